The Morgan fingerprint density at radius 2 is 1.91 bits per heavy atom. The summed E-state index contributed by atoms with van der Waals surface area (Å²) in [5.41, 5.74) is 10.7. The molecule has 5 heteroatoms. The van der Waals surface area contributed by atoms with Crippen LogP contribution in [0.15, 0.2) is 27.4 Å². The first-order chi connectivity index (χ1) is 10.8. The molecule has 3 rings (SSSR count). The smallest absolute Gasteiger partial charge is 0.196 e. The number of hydrogen-bond acceptors (Lipinski definition) is 4. The van der Waals surface area contributed by atoms with E-state index in [1.54, 1.807) is 11.6 Å². The second-order valence-electron chi connectivity index (χ2n) is 6.20. The third kappa shape index (κ3) is 2.47. The largest absolute Gasteiger partial charge is 0.454 e. The van der Waals surface area contributed by atoms with E-state index < -0.39 is 0 Å². The van der Waals surface area contributed by atoms with E-state index in [4.69, 9.17) is 10.2 Å². The topological polar surface area (TPSA) is 74.0 Å². The van der Waals surface area contributed by atoms with Crippen LogP contribution in [0.25, 0.3) is 22.4 Å². The standard InChI is InChI=1S/C18H21N3O2/c1-9-6-13(12(4)19)18-14(7-9)16(22)11(3)17(23-18)15-8-10(2)20-21(15)5/h6-8,12H,19H2,1-5H3. The van der Waals surface area contributed by atoms with Gasteiger partial charge in [-0.1, -0.05) is 6.07 Å². The summed E-state index contributed by atoms with van der Waals surface area (Å²) in [6, 6.07) is 5.53. The molecule has 2 aromatic heterocycles. The normalized spacial score (nSPS) is 12.8. The zero-order chi connectivity index (χ0) is 16.9. The highest BCUT2D eigenvalue weighted by atomic mass is 16.3. The van der Waals surface area contributed by atoms with Crippen LogP contribution in [0.1, 0.15) is 35.3 Å². The molecule has 120 valence electrons. The predicted octanol–water partition coefficient (Wildman–Crippen LogP) is 3.14. The van der Waals surface area contributed by atoms with Crippen LogP contribution in [0.4, 0.5) is 0 Å². The fraction of sp³-hybridized carbons (Fsp3) is 0.333. The number of hydrogen-bond donors (Lipinski definition) is 1. The van der Waals surface area contributed by atoms with Gasteiger partial charge in [0, 0.05) is 24.2 Å². The van der Waals surface area contributed by atoms with Gasteiger partial charge in [0.2, 0.25) is 0 Å². The molecule has 3 aromatic rings. The van der Waals surface area contributed by atoms with Crippen LogP contribution in [0.3, 0.4) is 0 Å². The highest BCUT2D eigenvalue weighted by Gasteiger charge is 2.19. The number of aromatic nitrogens is 2. The number of nitrogens with zero attached hydrogens (tertiary/aromatic N) is 2. The maximum Gasteiger partial charge on any atom is 0.196 e. The van der Waals surface area contributed by atoms with Gasteiger partial charge in [0.05, 0.1) is 11.1 Å². The van der Waals surface area contributed by atoms with Gasteiger partial charge in [-0.15, -0.1) is 0 Å². The molecule has 0 amide bonds. The van der Waals surface area contributed by atoms with Crippen molar-refractivity contribution in [3.63, 3.8) is 0 Å². The van der Waals surface area contributed by atoms with Crippen molar-refractivity contribution in [1.82, 2.24) is 9.78 Å². The molecule has 0 saturated heterocycles. The van der Waals surface area contributed by atoms with E-state index in [1.165, 1.54) is 0 Å². The molecule has 1 atom stereocenters. The zero-order valence-corrected chi connectivity index (χ0v) is 14.1. The van der Waals surface area contributed by atoms with Crippen LogP contribution in [-0.2, 0) is 7.05 Å². The molecule has 2 N–H and O–H groups in total. The summed E-state index contributed by atoms with van der Waals surface area (Å²) in [4.78, 5) is 12.8. The lowest BCUT2D eigenvalue weighted by Crippen LogP contribution is -2.12. The molecule has 1 unspecified atom stereocenters. The second-order valence-corrected chi connectivity index (χ2v) is 6.20. The Labute approximate surface area is 134 Å². The lowest BCUT2D eigenvalue weighted by Gasteiger charge is -2.13. The third-order valence-corrected chi connectivity index (χ3v) is 4.12. The molecule has 23 heavy (non-hydrogen) atoms. The number of aryl methyl sites for hydroxylation is 3. The highest BCUT2D eigenvalue weighted by molar-refractivity contribution is 5.84. The summed E-state index contributed by atoms with van der Waals surface area (Å²) in [6.07, 6.45) is 0. The maximum atomic E-state index is 12.8. The van der Waals surface area contributed by atoms with Crippen molar-refractivity contribution in [3.8, 4) is 11.5 Å². The Bertz CT molecular complexity index is 965. The van der Waals surface area contributed by atoms with Crippen LogP contribution in [0.5, 0.6) is 0 Å². The molecule has 0 radical (unpaired) electrons. The Morgan fingerprint density at radius 1 is 1.22 bits per heavy atom. The lowest BCUT2D eigenvalue weighted by atomic mass is 10.0. The first kappa shape index (κ1) is 15.5. The van der Waals surface area contributed by atoms with Crippen LogP contribution < -0.4 is 11.2 Å². The van der Waals surface area contributed by atoms with Gasteiger partial charge in [0.1, 0.15) is 11.3 Å². The van der Waals surface area contributed by atoms with Crippen molar-refractivity contribution in [2.45, 2.75) is 33.7 Å². The minimum atomic E-state index is -0.218. The van der Waals surface area contributed by atoms with E-state index in [2.05, 4.69) is 5.10 Å². The van der Waals surface area contributed by atoms with Gasteiger partial charge in [-0.2, -0.15) is 5.10 Å². The first-order valence-corrected chi connectivity index (χ1v) is 7.64. The van der Waals surface area contributed by atoms with Crippen LogP contribution >= 0.6 is 0 Å². The van der Waals surface area contributed by atoms with Crippen molar-refractivity contribution in [3.05, 3.63) is 50.8 Å². The second kappa shape index (κ2) is 5.35. The summed E-state index contributed by atoms with van der Waals surface area (Å²) in [5.74, 6) is 0.552. The molecule has 0 saturated carbocycles. The molecule has 0 aliphatic heterocycles. The minimum absolute atomic E-state index is 0.0225. The fourth-order valence-electron chi connectivity index (χ4n) is 2.97. The van der Waals surface area contributed by atoms with Crippen molar-refractivity contribution < 1.29 is 4.42 Å². The molecule has 0 aliphatic carbocycles. The number of rotatable bonds is 2. The van der Waals surface area contributed by atoms with Gasteiger partial charge in [-0.05, 0) is 45.4 Å². The average molecular weight is 311 g/mol. The summed E-state index contributed by atoms with van der Waals surface area (Å²) in [6.45, 7) is 7.55. The molecule has 0 fully saturated rings. The summed E-state index contributed by atoms with van der Waals surface area (Å²) < 4.78 is 7.89. The Kier molecular flexibility index (Phi) is 3.60. The maximum absolute atomic E-state index is 12.8. The average Bonchev–Trinajstić information content (AvgIpc) is 2.81. The SMILES string of the molecule is Cc1cc(C(C)N)c2oc(-c3cc(C)nn3C)c(C)c(=O)c2c1. The predicted molar refractivity (Wildman–Crippen MR) is 91.5 cm³/mol. The molecule has 1 aromatic carbocycles. The fourth-order valence-corrected chi connectivity index (χ4v) is 2.97. The molecule has 0 bridgehead atoms. The third-order valence-electron chi connectivity index (χ3n) is 4.12. The molecule has 0 aliphatic rings. The van der Waals surface area contributed by atoms with Crippen molar-refractivity contribution >= 4 is 11.0 Å². The first-order valence-electron chi connectivity index (χ1n) is 7.64. The van der Waals surface area contributed by atoms with E-state index in [-0.39, 0.29) is 11.5 Å². The quantitative estimate of drug-likeness (QED) is 0.789. The summed E-state index contributed by atoms with van der Waals surface area (Å²) in [7, 11) is 1.84. The van der Waals surface area contributed by atoms with E-state index in [9.17, 15) is 4.79 Å². The molecular weight excluding hydrogens is 290 g/mol. The Balaban J connectivity index is 2.44. The lowest BCUT2D eigenvalue weighted by molar-refractivity contribution is 0.592. The molecular formula is C18H21N3O2. The molecule has 0 spiro atoms. The van der Waals surface area contributed by atoms with Crippen molar-refractivity contribution in [1.29, 1.82) is 0 Å². The van der Waals surface area contributed by atoms with Gasteiger partial charge in [0.25, 0.3) is 0 Å². The van der Waals surface area contributed by atoms with Crippen molar-refractivity contribution in [2.75, 3.05) is 0 Å². The van der Waals surface area contributed by atoms with Gasteiger partial charge in [-0.3, -0.25) is 9.48 Å². The van der Waals surface area contributed by atoms with E-state index in [1.807, 2.05) is 46.0 Å². The molecule has 5 nitrogen and oxygen atoms in total. The van der Waals surface area contributed by atoms with E-state index in [0.717, 1.165) is 22.5 Å². The van der Waals surface area contributed by atoms with Crippen LogP contribution in [0, 0.1) is 20.8 Å². The van der Waals surface area contributed by atoms with Gasteiger partial charge in [-0.25, -0.2) is 0 Å². The van der Waals surface area contributed by atoms with Crippen molar-refractivity contribution in [2.24, 2.45) is 12.8 Å². The highest BCUT2D eigenvalue weighted by Crippen LogP contribution is 2.30. The Morgan fingerprint density at radius 3 is 2.48 bits per heavy atom. The zero-order valence-electron chi connectivity index (χ0n) is 14.1. The van der Waals surface area contributed by atoms with E-state index in [0.29, 0.717) is 22.3 Å². The molecule has 2 heterocycles. The number of fused-ring (bicyclic) bond motifs is 1. The number of benzene rings is 1. The van der Waals surface area contributed by atoms with E-state index >= 15 is 0 Å². The van der Waals surface area contributed by atoms with Gasteiger partial charge < -0.3 is 10.2 Å². The van der Waals surface area contributed by atoms with Crippen LogP contribution in [0.2, 0.25) is 0 Å². The van der Waals surface area contributed by atoms with Gasteiger partial charge in [0.15, 0.2) is 11.2 Å². The monoisotopic (exact) mass is 311 g/mol. The summed E-state index contributed by atoms with van der Waals surface area (Å²) in [5, 5.41) is 4.92. The minimum Gasteiger partial charge on any atom is -0.454 e. The summed E-state index contributed by atoms with van der Waals surface area (Å²) >= 11 is 0. The van der Waals surface area contributed by atoms with Gasteiger partial charge >= 0.3 is 0 Å². The van der Waals surface area contributed by atoms with Crippen LogP contribution in [-0.4, -0.2) is 9.78 Å². The number of nitrogens with two attached hydrogens (primary N) is 1. The Hall–Kier alpha value is -2.40.